The molecule has 0 amide bonds. The van der Waals surface area contributed by atoms with Crippen LogP contribution in [0.15, 0.2) is 0 Å². The summed E-state index contributed by atoms with van der Waals surface area (Å²) in [6, 6.07) is 0. The molecule has 0 rings (SSSR count). The van der Waals surface area contributed by atoms with E-state index in [0.29, 0.717) is 0 Å². The van der Waals surface area contributed by atoms with E-state index >= 15 is 0 Å². The SMILES string of the molecule is [O-][O+]=CF. The van der Waals surface area contributed by atoms with Gasteiger partial charge in [-0.1, -0.05) is 0 Å². The van der Waals surface area contributed by atoms with Crippen molar-refractivity contribution in [3.8, 4) is 0 Å². The molecule has 0 N–H and O–H groups in total. The van der Waals surface area contributed by atoms with E-state index in [1.54, 1.807) is 0 Å². The lowest BCUT2D eigenvalue weighted by atomic mass is 11.7. The average molecular weight is 64.0 g/mol. The van der Waals surface area contributed by atoms with Crippen molar-refractivity contribution in [2.24, 2.45) is 0 Å². The minimum absolute atomic E-state index is 0.431. The summed E-state index contributed by atoms with van der Waals surface area (Å²) in [4.78, 5) is 0. The van der Waals surface area contributed by atoms with Gasteiger partial charge in [0.1, 0.15) is 0 Å². The lowest BCUT2D eigenvalue weighted by molar-refractivity contribution is -0.747. The predicted octanol–water partition coefficient (Wildman–Crippen LogP) is -1.04. The van der Waals surface area contributed by atoms with E-state index in [2.05, 4.69) is 4.58 Å². The summed E-state index contributed by atoms with van der Waals surface area (Å²) in [5, 5.41) is 8.37. The Bertz CT molecular complexity index is 21.2. The van der Waals surface area contributed by atoms with Crippen LogP contribution in [0.4, 0.5) is 4.39 Å². The van der Waals surface area contributed by atoms with E-state index in [-0.39, 0.29) is 0 Å². The van der Waals surface area contributed by atoms with Gasteiger partial charge in [0.2, 0.25) is 0 Å². The molecular weight excluding hydrogens is 63.0 g/mol. The normalized spacial score (nSPS) is 9.25. The summed E-state index contributed by atoms with van der Waals surface area (Å²) < 4.78 is 12.6. The first-order valence-corrected chi connectivity index (χ1v) is 0.621. The molecule has 0 saturated heterocycles. The lowest BCUT2D eigenvalue weighted by Crippen LogP contribution is -1.91. The van der Waals surface area contributed by atoms with Crippen LogP contribution in [0.1, 0.15) is 0 Å². The second kappa shape index (κ2) is 2.40. The molecule has 0 atom stereocenters. The molecule has 0 unspecified atom stereocenters. The topological polar surface area (TPSA) is 34.4 Å². The lowest BCUT2D eigenvalue weighted by Gasteiger charge is -1.50. The van der Waals surface area contributed by atoms with Gasteiger partial charge in [-0.25, -0.2) is 0 Å². The molecule has 4 heavy (non-hydrogen) atoms. The highest BCUT2D eigenvalue weighted by Crippen LogP contribution is 1.32. The van der Waals surface area contributed by atoms with Gasteiger partial charge in [-0.15, -0.1) is 8.97 Å². The van der Waals surface area contributed by atoms with Gasteiger partial charge in [-0.2, -0.15) is 0 Å². The Balaban J connectivity index is 2.55. The second-order valence-electron chi connectivity index (χ2n) is 0.185. The molecule has 0 aliphatic rings. The highest BCUT2D eigenvalue weighted by atomic mass is 19.1. The zero-order chi connectivity index (χ0) is 3.41. The third-order valence-electron chi connectivity index (χ3n) is 0.0364. The Kier molecular flexibility index (Phi) is 2.04. The zero-order valence-corrected chi connectivity index (χ0v) is 1.77. The molecule has 24 valence electrons. The van der Waals surface area contributed by atoms with Crippen molar-refractivity contribution in [3.05, 3.63) is 0 Å². The first kappa shape index (κ1) is 3.40. The van der Waals surface area contributed by atoms with Gasteiger partial charge in [0.25, 0.3) is 0 Å². The molecule has 0 aromatic rings. The quantitative estimate of drug-likeness (QED) is 0.116. The Morgan fingerprint density at radius 2 is 2.25 bits per heavy atom. The predicted molar refractivity (Wildman–Crippen MR) is 7.86 cm³/mol. The third-order valence-corrected chi connectivity index (χ3v) is 0.0364. The number of halogens is 1. The first-order chi connectivity index (χ1) is 1.91. The fourth-order valence-corrected chi connectivity index (χ4v) is 0. The van der Waals surface area contributed by atoms with Crippen molar-refractivity contribution < 1.29 is 14.2 Å². The summed E-state index contributed by atoms with van der Waals surface area (Å²) in [5.74, 6) is 0. The van der Waals surface area contributed by atoms with Gasteiger partial charge in [0.05, 0.1) is 0 Å². The van der Waals surface area contributed by atoms with E-state index in [1.165, 1.54) is 0 Å². The van der Waals surface area contributed by atoms with Crippen molar-refractivity contribution >= 4 is 6.54 Å². The molecule has 0 aliphatic heterocycles. The van der Waals surface area contributed by atoms with Crippen LogP contribution in [-0.4, -0.2) is 6.54 Å². The summed E-state index contributed by atoms with van der Waals surface area (Å²) in [5.41, 5.74) is 0. The molecule has 0 aromatic heterocycles. The molecule has 0 saturated carbocycles. The molecule has 2 nitrogen and oxygen atoms in total. The number of carbonyl (C=O) groups excluding carboxylic acids is 1. The Labute approximate surface area is 22.1 Å². The van der Waals surface area contributed by atoms with E-state index < -0.39 is 6.54 Å². The minimum atomic E-state index is -0.431. The smallest absolute Gasteiger partial charge is 0.460 e. The van der Waals surface area contributed by atoms with Gasteiger partial charge in [0.15, 0.2) is 0 Å². The molecular formula is CHFO2. The summed E-state index contributed by atoms with van der Waals surface area (Å²) in [6.07, 6.45) is 0. The maximum absolute atomic E-state index is 10.1. The first-order valence-electron chi connectivity index (χ1n) is 0.621. The molecule has 0 aliphatic carbocycles. The van der Waals surface area contributed by atoms with E-state index in [4.69, 9.17) is 5.26 Å². The molecule has 0 fully saturated rings. The van der Waals surface area contributed by atoms with Crippen LogP contribution in [0, 0.1) is 0 Å². The summed E-state index contributed by atoms with van der Waals surface area (Å²) in [7, 11) is 0. The van der Waals surface area contributed by atoms with Crippen LogP contribution in [0.5, 0.6) is 0 Å². The van der Waals surface area contributed by atoms with E-state index in [0.717, 1.165) is 0 Å². The third kappa shape index (κ3) is 1.40. The zero-order valence-electron chi connectivity index (χ0n) is 1.77. The largest absolute Gasteiger partial charge is 0.496 e. The Morgan fingerprint density at radius 3 is 2.25 bits per heavy atom. The summed E-state index contributed by atoms with van der Waals surface area (Å²) in [6.45, 7) is -0.431. The number of rotatable bonds is 0. The maximum atomic E-state index is 10.1. The highest BCUT2D eigenvalue weighted by molar-refractivity contribution is 5.35. The molecule has 0 bridgehead atoms. The van der Waals surface area contributed by atoms with E-state index in [1.807, 2.05) is 0 Å². The van der Waals surface area contributed by atoms with E-state index in [9.17, 15) is 4.39 Å². The highest BCUT2D eigenvalue weighted by Gasteiger charge is 1.53. The maximum Gasteiger partial charge on any atom is 0.496 e. The average Bonchev–Trinajstić information content (AvgIpc) is 1.37. The van der Waals surface area contributed by atoms with Gasteiger partial charge >= 0.3 is 6.54 Å². The van der Waals surface area contributed by atoms with Gasteiger partial charge in [-0.3, -0.25) is 0 Å². The van der Waals surface area contributed by atoms with Crippen LogP contribution >= 0.6 is 0 Å². The Hall–Kier alpha value is -0.600. The van der Waals surface area contributed by atoms with Crippen molar-refractivity contribution in [2.75, 3.05) is 0 Å². The second-order valence-corrected chi connectivity index (χ2v) is 0.185. The van der Waals surface area contributed by atoms with Crippen LogP contribution in [0.3, 0.4) is 0 Å². The van der Waals surface area contributed by atoms with Crippen molar-refractivity contribution in [3.63, 3.8) is 0 Å². The molecule has 3 heteroatoms. The number of hydrogen-bond acceptors (Lipinski definition) is 1. The van der Waals surface area contributed by atoms with Crippen molar-refractivity contribution in [1.82, 2.24) is 0 Å². The minimum Gasteiger partial charge on any atom is -0.460 e. The van der Waals surface area contributed by atoms with Crippen LogP contribution < -0.4 is 5.26 Å². The fraction of sp³-hybridized carbons (Fsp3) is 0. The molecule has 0 heterocycles. The summed E-state index contributed by atoms with van der Waals surface area (Å²) >= 11 is 0. The van der Waals surface area contributed by atoms with Crippen LogP contribution in [0.2, 0.25) is 0 Å². The van der Waals surface area contributed by atoms with Crippen LogP contribution in [-0.2, 0) is 4.58 Å². The molecule has 0 spiro atoms. The van der Waals surface area contributed by atoms with Crippen LogP contribution in [0.25, 0.3) is 0 Å². The fourth-order valence-electron chi connectivity index (χ4n) is 0. The van der Waals surface area contributed by atoms with Crippen molar-refractivity contribution in [2.45, 2.75) is 0 Å². The standard InChI is InChI=1S/CHFO2/c2-1-4-3/h1H. The van der Waals surface area contributed by atoms with Gasteiger partial charge < -0.3 is 5.26 Å². The van der Waals surface area contributed by atoms with Gasteiger partial charge in [-0.05, 0) is 0 Å². The van der Waals surface area contributed by atoms with Crippen molar-refractivity contribution in [1.29, 1.82) is 0 Å². The Morgan fingerprint density at radius 1 is 2.00 bits per heavy atom. The monoisotopic (exact) mass is 64.0 g/mol. The van der Waals surface area contributed by atoms with Gasteiger partial charge in [0, 0.05) is 0 Å². The molecule has 0 radical (unpaired) electrons. The molecule has 0 aromatic carbocycles. The number of hydrogen-bond donors (Lipinski definition) is 0.